The molecule has 9 nitrogen and oxygen atoms in total. The summed E-state index contributed by atoms with van der Waals surface area (Å²) in [5.41, 5.74) is 0. The standard InChI is InChI=1S/C12H12N6O3/c1-7(2)11-15-8(16-20-11)6-18-10(17-21-12(18)19)9-13-4-3-5-14-9/h3-5,7H,6H2,1-2H3. The Kier molecular flexibility index (Phi) is 3.30. The van der Waals surface area contributed by atoms with Gasteiger partial charge in [0.15, 0.2) is 11.6 Å². The van der Waals surface area contributed by atoms with Gasteiger partial charge in [-0.25, -0.2) is 19.3 Å². The number of hydrogen-bond donors (Lipinski definition) is 0. The lowest BCUT2D eigenvalue weighted by Crippen LogP contribution is -2.17. The van der Waals surface area contributed by atoms with Crippen LogP contribution in [0.4, 0.5) is 0 Å². The Labute approximate surface area is 118 Å². The second-order valence-electron chi connectivity index (χ2n) is 4.63. The van der Waals surface area contributed by atoms with Gasteiger partial charge in [0, 0.05) is 18.3 Å². The first-order valence-electron chi connectivity index (χ1n) is 6.31. The van der Waals surface area contributed by atoms with Gasteiger partial charge in [-0.2, -0.15) is 4.98 Å². The second-order valence-corrected chi connectivity index (χ2v) is 4.63. The number of aromatic nitrogens is 6. The van der Waals surface area contributed by atoms with Gasteiger partial charge in [0.2, 0.25) is 11.7 Å². The molecule has 3 aromatic heterocycles. The molecule has 0 unspecified atom stereocenters. The fourth-order valence-corrected chi connectivity index (χ4v) is 1.69. The summed E-state index contributed by atoms with van der Waals surface area (Å²) in [6, 6.07) is 1.67. The van der Waals surface area contributed by atoms with Crippen molar-refractivity contribution in [1.29, 1.82) is 0 Å². The molecule has 0 aliphatic carbocycles. The average molecular weight is 288 g/mol. The monoisotopic (exact) mass is 288 g/mol. The van der Waals surface area contributed by atoms with Crippen LogP contribution < -0.4 is 5.76 Å². The van der Waals surface area contributed by atoms with Crippen LogP contribution in [0.2, 0.25) is 0 Å². The fraction of sp³-hybridized carbons (Fsp3) is 0.333. The first-order chi connectivity index (χ1) is 10.1. The van der Waals surface area contributed by atoms with Crippen molar-refractivity contribution in [3.63, 3.8) is 0 Å². The van der Waals surface area contributed by atoms with Gasteiger partial charge in [0.25, 0.3) is 0 Å². The van der Waals surface area contributed by atoms with E-state index in [0.29, 0.717) is 11.7 Å². The molecule has 21 heavy (non-hydrogen) atoms. The van der Waals surface area contributed by atoms with Gasteiger partial charge in [-0.15, -0.1) is 0 Å². The van der Waals surface area contributed by atoms with Crippen molar-refractivity contribution in [3.8, 4) is 11.6 Å². The van der Waals surface area contributed by atoms with E-state index in [1.165, 1.54) is 4.57 Å². The van der Waals surface area contributed by atoms with Gasteiger partial charge in [0.1, 0.15) is 0 Å². The summed E-state index contributed by atoms with van der Waals surface area (Å²) in [5, 5.41) is 7.52. The van der Waals surface area contributed by atoms with Gasteiger partial charge in [-0.05, 0) is 6.07 Å². The number of hydrogen-bond acceptors (Lipinski definition) is 8. The Morgan fingerprint density at radius 3 is 2.62 bits per heavy atom. The highest BCUT2D eigenvalue weighted by atomic mass is 16.5. The number of nitrogens with zero attached hydrogens (tertiary/aromatic N) is 6. The molecule has 0 N–H and O–H groups in total. The largest absolute Gasteiger partial charge is 0.442 e. The van der Waals surface area contributed by atoms with E-state index in [1.54, 1.807) is 18.5 Å². The Balaban J connectivity index is 1.95. The minimum Gasteiger partial charge on any atom is -0.339 e. The van der Waals surface area contributed by atoms with Gasteiger partial charge in [-0.3, -0.25) is 4.52 Å². The lowest BCUT2D eigenvalue weighted by molar-refractivity contribution is 0.357. The highest BCUT2D eigenvalue weighted by Gasteiger charge is 2.18. The SMILES string of the molecule is CC(C)c1nc(Cn2c(-c3ncccn3)noc2=O)no1. The lowest BCUT2D eigenvalue weighted by atomic mass is 10.2. The number of rotatable bonds is 4. The molecule has 0 aromatic carbocycles. The minimum absolute atomic E-state index is 0.0755. The van der Waals surface area contributed by atoms with E-state index in [0.717, 1.165) is 0 Å². The molecular formula is C12H12N6O3. The molecule has 108 valence electrons. The van der Waals surface area contributed by atoms with E-state index in [4.69, 9.17) is 4.52 Å². The van der Waals surface area contributed by atoms with Crippen molar-refractivity contribution < 1.29 is 9.05 Å². The molecule has 9 heteroatoms. The zero-order chi connectivity index (χ0) is 14.8. The van der Waals surface area contributed by atoms with Gasteiger partial charge in [-0.1, -0.05) is 24.2 Å². The van der Waals surface area contributed by atoms with E-state index in [1.807, 2.05) is 13.8 Å². The fourth-order valence-electron chi connectivity index (χ4n) is 1.69. The Morgan fingerprint density at radius 2 is 1.95 bits per heavy atom. The molecule has 0 aliphatic rings. The van der Waals surface area contributed by atoms with Crippen molar-refractivity contribution in [1.82, 2.24) is 29.8 Å². The van der Waals surface area contributed by atoms with E-state index in [2.05, 4.69) is 29.8 Å². The maximum absolute atomic E-state index is 11.8. The highest BCUT2D eigenvalue weighted by molar-refractivity contribution is 5.41. The van der Waals surface area contributed by atoms with Crippen LogP contribution in [0.5, 0.6) is 0 Å². The maximum Gasteiger partial charge on any atom is 0.442 e. The molecule has 0 atom stereocenters. The normalized spacial score (nSPS) is 11.2. The third kappa shape index (κ3) is 2.57. The summed E-state index contributed by atoms with van der Waals surface area (Å²) >= 11 is 0. The summed E-state index contributed by atoms with van der Waals surface area (Å²) < 4.78 is 11.0. The summed E-state index contributed by atoms with van der Waals surface area (Å²) in [7, 11) is 0. The molecule has 0 spiro atoms. The van der Waals surface area contributed by atoms with Crippen molar-refractivity contribution in [2.24, 2.45) is 0 Å². The summed E-state index contributed by atoms with van der Waals surface area (Å²) in [6.45, 7) is 3.95. The van der Waals surface area contributed by atoms with Crippen LogP contribution in [0.3, 0.4) is 0 Å². The van der Waals surface area contributed by atoms with Crippen LogP contribution in [-0.4, -0.2) is 29.8 Å². The Morgan fingerprint density at radius 1 is 1.19 bits per heavy atom. The molecular weight excluding hydrogens is 276 g/mol. The summed E-state index contributed by atoms with van der Waals surface area (Å²) in [5.74, 6) is 0.858. The Bertz CT molecular complexity index is 789. The predicted octanol–water partition coefficient (Wildman–Crippen LogP) is 0.848. The molecule has 0 aliphatic heterocycles. The summed E-state index contributed by atoms with van der Waals surface area (Å²) in [4.78, 5) is 24.0. The van der Waals surface area contributed by atoms with E-state index < -0.39 is 5.76 Å². The average Bonchev–Trinajstić information content (AvgIpc) is 3.09. The van der Waals surface area contributed by atoms with Crippen LogP contribution in [-0.2, 0) is 6.54 Å². The van der Waals surface area contributed by atoms with Crippen molar-refractivity contribution >= 4 is 0 Å². The smallest absolute Gasteiger partial charge is 0.339 e. The molecule has 0 bridgehead atoms. The van der Waals surface area contributed by atoms with Crippen molar-refractivity contribution in [2.75, 3.05) is 0 Å². The first kappa shape index (κ1) is 13.2. The second kappa shape index (κ2) is 5.27. The lowest BCUT2D eigenvalue weighted by Gasteiger charge is -1.99. The van der Waals surface area contributed by atoms with Crippen LogP contribution in [0, 0.1) is 0 Å². The van der Waals surface area contributed by atoms with Gasteiger partial charge < -0.3 is 4.52 Å². The van der Waals surface area contributed by atoms with Crippen molar-refractivity contribution in [3.05, 3.63) is 40.7 Å². The predicted molar refractivity (Wildman–Crippen MR) is 69.3 cm³/mol. The van der Waals surface area contributed by atoms with Gasteiger partial charge in [0.05, 0.1) is 6.54 Å². The molecule has 3 rings (SSSR count). The van der Waals surface area contributed by atoms with Crippen LogP contribution in [0.15, 0.2) is 32.3 Å². The molecule has 0 saturated carbocycles. The minimum atomic E-state index is -0.631. The molecule has 0 radical (unpaired) electrons. The molecule has 3 aromatic rings. The zero-order valence-corrected chi connectivity index (χ0v) is 11.4. The molecule has 0 amide bonds. The summed E-state index contributed by atoms with van der Waals surface area (Å²) in [6.07, 6.45) is 3.11. The molecule has 0 fully saturated rings. The van der Waals surface area contributed by atoms with E-state index in [9.17, 15) is 4.79 Å². The van der Waals surface area contributed by atoms with Gasteiger partial charge >= 0.3 is 5.76 Å². The van der Waals surface area contributed by atoms with Crippen LogP contribution in [0.25, 0.3) is 11.6 Å². The quantitative estimate of drug-likeness (QED) is 0.694. The van der Waals surface area contributed by atoms with Crippen LogP contribution in [0.1, 0.15) is 31.5 Å². The third-order valence-electron chi connectivity index (χ3n) is 2.73. The van der Waals surface area contributed by atoms with E-state index >= 15 is 0 Å². The highest BCUT2D eigenvalue weighted by Crippen LogP contribution is 2.13. The van der Waals surface area contributed by atoms with Crippen LogP contribution >= 0.6 is 0 Å². The first-order valence-corrected chi connectivity index (χ1v) is 6.31. The third-order valence-corrected chi connectivity index (χ3v) is 2.73. The van der Waals surface area contributed by atoms with Crippen molar-refractivity contribution in [2.45, 2.75) is 26.3 Å². The maximum atomic E-state index is 11.8. The molecule has 3 heterocycles. The zero-order valence-electron chi connectivity index (χ0n) is 11.4. The topological polar surface area (TPSA) is 113 Å². The van der Waals surface area contributed by atoms with E-state index in [-0.39, 0.29) is 24.1 Å². The molecule has 0 saturated heterocycles. The Hall–Kier alpha value is -2.84.